The normalized spacial score (nSPS) is 15.2. The van der Waals surface area contributed by atoms with Crippen LogP contribution in [0.5, 0.6) is 11.6 Å². The fourth-order valence-corrected chi connectivity index (χ4v) is 4.07. The molecule has 0 unspecified atom stereocenters. The van der Waals surface area contributed by atoms with Crippen LogP contribution in [0.3, 0.4) is 0 Å². The summed E-state index contributed by atoms with van der Waals surface area (Å²) >= 11 is 6.28. The zero-order chi connectivity index (χ0) is 18.3. The van der Waals surface area contributed by atoms with Gasteiger partial charge in [-0.25, -0.2) is 0 Å². The summed E-state index contributed by atoms with van der Waals surface area (Å²) in [6.07, 6.45) is 0.323. The predicted octanol–water partition coefficient (Wildman–Crippen LogP) is 3.47. The monoisotopic (exact) mass is 390 g/mol. The van der Waals surface area contributed by atoms with Crippen molar-refractivity contribution in [2.45, 2.75) is 6.42 Å². The second-order valence-corrected chi connectivity index (χ2v) is 7.92. The van der Waals surface area contributed by atoms with Crippen LogP contribution in [0, 0.1) is 0 Å². The van der Waals surface area contributed by atoms with Gasteiger partial charge in [-0.1, -0.05) is 23.7 Å². The van der Waals surface area contributed by atoms with Gasteiger partial charge in [-0.3, -0.25) is 0 Å². The van der Waals surface area contributed by atoms with Crippen molar-refractivity contribution >= 4 is 21.7 Å². The Morgan fingerprint density at radius 1 is 1.15 bits per heavy atom. The van der Waals surface area contributed by atoms with Gasteiger partial charge in [-0.05, 0) is 42.8 Å². The van der Waals surface area contributed by atoms with Crippen molar-refractivity contribution in [2.24, 2.45) is 0 Å². The van der Waals surface area contributed by atoms with Gasteiger partial charge in [0.05, 0.1) is 29.3 Å². The minimum Gasteiger partial charge on any atom is -0.497 e. The van der Waals surface area contributed by atoms with Gasteiger partial charge in [-0.15, -0.1) is 0 Å². The number of rotatable bonds is 3. The van der Waals surface area contributed by atoms with E-state index in [-0.39, 0.29) is 11.6 Å². The van der Waals surface area contributed by atoms with E-state index >= 15 is 0 Å². The average molecular weight is 391 g/mol. The Morgan fingerprint density at radius 2 is 1.88 bits per heavy atom. The first-order chi connectivity index (χ1) is 12.5. The number of hydrogen-bond acceptors (Lipinski definition) is 5. The largest absolute Gasteiger partial charge is 0.497 e. The lowest BCUT2D eigenvalue weighted by Gasteiger charge is -2.16. The molecule has 4 rings (SSSR count). The number of para-hydroxylation sites is 1. The molecule has 1 aromatic heterocycles. The highest BCUT2D eigenvalue weighted by molar-refractivity contribution is 7.87. The van der Waals surface area contributed by atoms with Crippen LogP contribution in [0.25, 0.3) is 16.9 Å². The van der Waals surface area contributed by atoms with Crippen LogP contribution in [0.4, 0.5) is 0 Å². The summed E-state index contributed by atoms with van der Waals surface area (Å²) in [5, 5.41) is 5.07. The molecule has 6 nitrogen and oxygen atoms in total. The second-order valence-electron chi connectivity index (χ2n) is 5.82. The summed E-state index contributed by atoms with van der Waals surface area (Å²) in [6.45, 7) is 0. The van der Waals surface area contributed by atoms with Gasteiger partial charge in [-0.2, -0.15) is 18.2 Å². The highest BCUT2D eigenvalue weighted by Crippen LogP contribution is 2.38. The van der Waals surface area contributed by atoms with Gasteiger partial charge in [0.1, 0.15) is 5.75 Å². The van der Waals surface area contributed by atoms with Gasteiger partial charge < -0.3 is 8.92 Å². The number of halogens is 1. The maximum absolute atomic E-state index is 12.0. The molecule has 0 atom stereocenters. The third-order valence-electron chi connectivity index (χ3n) is 4.19. The first-order valence-corrected chi connectivity index (χ1v) is 9.87. The predicted molar refractivity (Wildman–Crippen MR) is 98.7 cm³/mol. The van der Waals surface area contributed by atoms with Gasteiger partial charge >= 0.3 is 10.1 Å². The first kappa shape index (κ1) is 16.9. The van der Waals surface area contributed by atoms with E-state index in [9.17, 15) is 8.42 Å². The molecule has 0 spiro atoms. The van der Waals surface area contributed by atoms with Crippen molar-refractivity contribution in [3.63, 3.8) is 0 Å². The van der Waals surface area contributed by atoms with E-state index in [0.29, 0.717) is 22.8 Å². The molecule has 0 amide bonds. The molecule has 1 aliphatic rings. The van der Waals surface area contributed by atoms with E-state index in [1.54, 1.807) is 31.4 Å². The van der Waals surface area contributed by atoms with Crippen LogP contribution in [0.15, 0.2) is 48.5 Å². The quantitative estimate of drug-likeness (QED) is 0.640. The lowest BCUT2D eigenvalue weighted by Crippen LogP contribution is -2.22. The van der Waals surface area contributed by atoms with Crippen molar-refractivity contribution in [2.75, 3.05) is 12.9 Å². The average Bonchev–Trinajstić information content (AvgIpc) is 2.99. The van der Waals surface area contributed by atoms with Crippen molar-refractivity contribution in [1.29, 1.82) is 0 Å². The lowest BCUT2D eigenvalue weighted by molar-refractivity contribution is 0.415. The third kappa shape index (κ3) is 2.93. The zero-order valence-electron chi connectivity index (χ0n) is 13.8. The maximum Gasteiger partial charge on any atom is 0.311 e. The maximum atomic E-state index is 12.0. The van der Waals surface area contributed by atoms with Crippen LogP contribution >= 0.6 is 11.6 Å². The summed E-state index contributed by atoms with van der Waals surface area (Å²) < 4.78 is 35.9. The van der Waals surface area contributed by atoms with Crippen LogP contribution in [-0.4, -0.2) is 31.1 Å². The Morgan fingerprint density at radius 3 is 2.58 bits per heavy atom. The number of aromatic nitrogens is 2. The molecular weight excluding hydrogens is 376 g/mol. The van der Waals surface area contributed by atoms with E-state index in [2.05, 4.69) is 5.10 Å². The summed E-state index contributed by atoms with van der Waals surface area (Å²) in [6, 6.07) is 14.5. The van der Waals surface area contributed by atoms with Crippen LogP contribution in [0.1, 0.15) is 5.56 Å². The number of benzene rings is 2. The van der Waals surface area contributed by atoms with Crippen molar-refractivity contribution in [3.05, 3.63) is 59.1 Å². The third-order valence-corrected chi connectivity index (χ3v) is 5.62. The van der Waals surface area contributed by atoms with Gasteiger partial charge in [0.25, 0.3) is 0 Å². The van der Waals surface area contributed by atoms with Crippen molar-refractivity contribution < 1.29 is 17.3 Å². The summed E-state index contributed by atoms with van der Waals surface area (Å²) in [5.41, 5.74) is 2.81. The Labute approximate surface area is 156 Å². The van der Waals surface area contributed by atoms with E-state index < -0.39 is 10.1 Å². The number of fused-ring (bicyclic) bond motifs is 1. The van der Waals surface area contributed by atoms with Crippen LogP contribution in [0.2, 0.25) is 5.02 Å². The molecule has 0 radical (unpaired) electrons. The van der Waals surface area contributed by atoms with Crippen LogP contribution < -0.4 is 8.92 Å². The van der Waals surface area contributed by atoms with Crippen LogP contribution in [-0.2, 0) is 16.5 Å². The Hall–Kier alpha value is -2.51. The van der Waals surface area contributed by atoms with E-state index in [1.165, 1.54) is 4.68 Å². The number of nitrogens with zero attached hydrogens (tertiary/aromatic N) is 2. The fourth-order valence-electron chi connectivity index (χ4n) is 2.90. The Kier molecular flexibility index (Phi) is 4.13. The molecule has 2 heterocycles. The van der Waals surface area contributed by atoms with E-state index in [1.807, 2.05) is 24.3 Å². The number of hydrogen-bond donors (Lipinski definition) is 0. The summed E-state index contributed by atoms with van der Waals surface area (Å²) in [7, 11) is -2.04. The molecule has 0 saturated heterocycles. The summed E-state index contributed by atoms with van der Waals surface area (Å²) in [4.78, 5) is 0. The van der Waals surface area contributed by atoms with Crippen molar-refractivity contribution in [3.8, 4) is 28.6 Å². The van der Waals surface area contributed by atoms with E-state index in [0.717, 1.165) is 16.9 Å². The Bertz CT molecular complexity index is 1080. The summed E-state index contributed by atoms with van der Waals surface area (Å²) in [5.74, 6) is 0.833. The molecule has 2 aromatic carbocycles. The first-order valence-electron chi connectivity index (χ1n) is 7.92. The number of methoxy groups -OCH3 is 1. The molecule has 26 heavy (non-hydrogen) atoms. The SMILES string of the molecule is COc1ccc(-c2nn(-c3ccccc3Cl)c3c2CCS(=O)(=O)O3)cc1. The number of ether oxygens (including phenoxy) is 1. The highest BCUT2D eigenvalue weighted by Gasteiger charge is 2.31. The second kappa shape index (κ2) is 6.34. The molecular formula is C18H15ClN2O4S. The molecule has 0 bridgehead atoms. The minimum absolute atomic E-state index is 0.0859. The molecule has 0 N–H and O–H groups in total. The lowest BCUT2D eigenvalue weighted by atomic mass is 10.1. The van der Waals surface area contributed by atoms with Crippen molar-refractivity contribution in [1.82, 2.24) is 9.78 Å². The molecule has 0 aliphatic carbocycles. The highest BCUT2D eigenvalue weighted by atomic mass is 35.5. The topological polar surface area (TPSA) is 70.4 Å². The molecule has 1 aliphatic heterocycles. The molecule has 8 heteroatoms. The van der Waals surface area contributed by atoms with Gasteiger partial charge in [0.15, 0.2) is 0 Å². The molecule has 0 fully saturated rings. The van der Waals surface area contributed by atoms with E-state index in [4.69, 9.17) is 20.5 Å². The Balaban J connectivity index is 1.92. The fraction of sp³-hybridized carbons (Fsp3) is 0.167. The standard InChI is InChI=1S/C18H15ClN2O4S/c1-24-13-8-6-12(7-9-13)17-14-10-11-26(22,23)25-18(14)21(20-17)16-5-3-2-4-15(16)19/h2-9H,10-11H2,1H3. The minimum atomic E-state index is -3.64. The zero-order valence-corrected chi connectivity index (χ0v) is 15.4. The van der Waals surface area contributed by atoms with Gasteiger partial charge in [0, 0.05) is 11.1 Å². The smallest absolute Gasteiger partial charge is 0.311 e. The molecule has 3 aromatic rings. The van der Waals surface area contributed by atoms with Gasteiger partial charge in [0.2, 0.25) is 5.88 Å². The molecule has 134 valence electrons. The molecule has 0 saturated carbocycles.